The molecule has 1 aliphatic rings. The van der Waals surface area contributed by atoms with Gasteiger partial charge in [0.1, 0.15) is 6.61 Å². The molecule has 6 heteroatoms. The fourth-order valence-corrected chi connectivity index (χ4v) is 2.86. The third-order valence-corrected chi connectivity index (χ3v) is 4.12. The van der Waals surface area contributed by atoms with E-state index in [1.165, 1.54) is 0 Å². The Bertz CT molecular complexity index is 919. The number of likely N-dealkylation sites (N-methyl/N-ethyl adjacent to an activating group) is 1. The summed E-state index contributed by atoms with van der Waals surface area (Å²) in [4.78, 5) is 14.3. The van der Waals surface area contributed by atoms with Gasteiger partial charge in [0.25, 0.3) is 5.91 Å². The van der Waals surface area contributed by atoms with Gasteiger partial charge in [-0.2, -0.15) is 5.10 Å². The molecular formula is C21H21N3O3. The highest BCUT2D eigenvalue weighted by Crippen LogP contribution is 2.29. The lowest BCUT2D eigenvalue weighted by molar-refractivity contribution is -0.112. The molecule has 138 valence electrons. The number of anilines is 1. The quantitative estimate of drug-likeness (QED) is 0.430. The van der Waals surface area contributed by atoms with Gasteiger partial charge in [0.2, 0.25) is 0 Å². The minimum absolute atomic E-state index is 0.137. The van der Waals surface area contributed by atoms with Crippen molar-refractivity contribution in [1.29, 1.82) is 0 Å². The fourth-order valence-electron chi connectivity index (χ4n) is 2.86. The monoisotopic (exact) mass is 363 g/mol. The molecule has 0 N–H and O–H groups in total. The van der Waals surface area contributed by atoms with Gasteiger partial charge >= 0.3 is 0 Å². The molecule has 3 rings (SSSR count). The lowest BCUT2D eigenvalue weighted by Crippen LogP contribution is -2.29. The Morgan fingerprint density at radius 1 is 1.19 bits per heavy atom. The summed E-state index contributed by atoms with van der Waals surface area (Å²) in [6, 6.07) is 13.0. The molecule has 6 nitrogen and oxygen atoms in total. The first-order chi connectivity index (χ1) is 13.2. The number of ether oxygens (including phenoxy) is 2. The van der Waals surface area contributed by atoms with E-state index >= 15 is 0 Å². The number of fused-ring (bicyclic) bond motifs is 1. The van der Waals surface area contributed by atoms with Gasteiger partial charge < -0.3 is 14.4 Å². The molecule has 0 radical (unpaired) electrons. The van der Waals surface area contributed by atoms with Crippen LogP contribution in [0.4, 0.5) is 5.69 Å². The molecule has 27 heavy (non-hydrogen) atoms. The van der Waals surface area contributed by atoms with Crippen molar-refractivity contribution in [2.45, 2.75) is 6.92 Å². The lowest BCUT2D eigenvalue weighted by atomic mass is 10.1. The van der Waals surface area contributed by atoms with Crippen molar-refractivity contribution in [1.82, 2.24) is 0 Å². The van der Waals surface area contributed by atoms with Gasteiger partial charge in [-0.1, -0.05) is 30.9 Å². The predicted octanol–water partition coefficient (Wildman–Crippen LogP) is 3.45. The molecule has 0 saturated heterocycles. The maximum atomic E-state index is 12.6. The summed E-state index contributed by atoms with van der Waals surface area (Å²) in [5, 5.41) is 8.29. The number of nitrogens with zero attached hydrogens (tertiary/aromatic N) is 3. The zero-order chi connectivity index (χ0) is 19.2. The van der Waals surface area contributed by atoms with E-state index in [0.29, 0.717) is 30.4 Å². The van der Waals surface area contributed by atoms with E-state index in [-0.39, 0.29) is 5.91 Å². The van der Waals surface area contributed by atoms with Crippen molar-refractivity contribution in [2.75, 3.05) is 25.2 Å². The lowest BCUT2D eigenvalue weighted by Gasteiger charge is -2.12. The van der Waals surface area contributed by atoms with Crippen LogP contribution in [-0.2, 0) is 4.79 Å². The van der Waals surface area contributed by atoms with E-state index in [4.69, 9.17) is 9.47 Å². The number of hydrogen-bond acceptors (Lipinski definition) is 5. The molecular weight excluding hydrogens is 342 g/mol. The van der Waals surface area contributed by atoms with E-state index in [2.05, 4.69) is 16.8 Å². The minimum atomic E-state index is -0.137. The van der Waals surface area contributed by atoms with Gasteiger partial charge in [-0.05, 0) is 36.8 Å². The van der Waals surface area contributed by atoms with E-state index in [0.717, 1.165) is 16.8 Å². The number of carbonyl (C=O) groups is 1. The van der Waals surface area contributed by atoms with Crippen molar-refractivity contribution in [3.05, 3.63) is 66.2 Å². The molecule has 1 heterocycles. The second-order valence-electron chi connectivity index (χ2n) is 5.77. The van der Waals surface area contributed by atoms with Crippen LogP contribution in [0.3, 0.4) is 0 Å². The average molecular weight is 363 g/mol. The maximum absolute atomic E-state index is 12.6. The number of amides is 1. The topological polar surface area (TPSA) is 63.5 Å². The van der Waals surface area contributed by atoms with Crippen LogP contribution in [0, 0.1) is 0 Å². The Morgan fingerprint density at radius 3 is 2.74 bits per heavy atom. The van der Waals surface area contributed by atoms with Crippen LogP contribution in [-0.4, -0.2) is 38.1 Å². The van der Waals surface area contributed by atoms with E-state index in [1.54, 1.807) is 36.4 Å². The first-order valence-corrected chi connectivity index (χ1v) is 8.63. The van der Waals surface area contributed by atoms with Crippen molar-refractivity contribution in [3.8, 4) is 11.5 Å². The standard InChI is InChI=1S/C21H21N3O3/c1-4-12-27-18-11-10-15(13-19(18)26-3)14-22-23-20-16-8-6-7-9-17(16)24(5-2)21(20)25/h4,6-11,13-14H,1,5,12H2,2-3H3/b22-14-,23-20+. The van der Waals surface area contributed by atoms with Crippen LogP contribution in [0.2, 0.25) is 0 Å². The second kappa shape index (κ2) is 8.31. The zero-order valence-corrected chi connectivity index (χ0v) is 15.4. The van der Waals surface area contributed by atoms with Crippen LogP contribution >= 0.6 is 0 Å². The fraction of sp³-hybridized carbons (Fsp3) is 0.190. The normalized spacial score (nSPS) is 14.7. The van der Waals surface area contributed by atoms with Gasteiger partial charge in [0.15, 0.2) is 17.2 Å². The Kier molecular flexibility index (Phi) is 5.66. The third kappa shape index (κ3) is 3.74. The SMILES string of the molecule is C=CCOc1ccc(/C=N\N=C2\C(=O)N(CC)c3ccccc32)cc1OC. The smallest absolute Gasteiger partial charge is 0.279 e. The summed E-state index contributed by atoms with van der Waals surface area (Å²) >= 11 is 0. The molecule has 0 atom stereocenters. The number of carbonyl (C=O) groups excluding carboxylic acids is 1. The number of hydrogen-bond donors (Lipinski definition) is 0. The Morgan fingerprint density at radius 2 is 2.00 bits per heavy atom. The van der Waals surface area contributed by atoms with Crippen molar-refractivity contribution < 1.29 is 14.3 Å². The Balaban J connectivity index is 1.84. The van der Waals surface area contributed by atoms with Crippen LogP contribution in [0.5, 0.6) is 11.5 Å². The van der Waals surface area contributed by atoms with Gasteiger partial charge in [-0.25, -0.2) is 0 Å². The highest BCUT2D eigenvalue weighted by Gasteiger charge is 2.32. The number of benzene rings is 2. The third-order valence-electron chi connectivity index (χ3n) is 4.12. The molecule has 2 aromatic rings. The van der Waals surface area contributed by atoms with Crippen molar-refractivity contribution in [3.63, 3.8) is 0 Å². The molecule has 2 aromatic carbocycles. The van der Waals surface area contributed by atoms with E-state index in [9.17, 15) is 4.79 Å². The van der Waals surface area contributed by atoms with Crippen LogP contribution in [0.15, 0.2) is 65.3 Å². The first kappa shape index (κ1) is 18.4. The van der Waals surface area contributed by atoms with E-state index in [1.807, 2.05) is 37.3 Å². The molecule has 0 bridgehead atoms. The first-order valence-electron chi connectivity index (χ1n) is 8.63. The number of para-hydroxylation sites is 1. The molecule has 0 spiro atoms. The summed E-state index contributed by atoms with van der Waals surface area (Å²) < 4.78 is 10.9. The highest BCUT2D eigenvalue weighted by molar-refractivity contribution is 6.54. The predicted molar refractivity (Wildman–Crippen MR) is 107 cm³/mol. The largest absolute Gasteiger partial charge is 0.493 e. The summed E-state index contributed by atoms with van der Waals surface area (Å²) in [5.41, 5.74) is 2.80. The zero-order valence-electron chi connectivity index (χ0n) is 15.4. The molecule has 1 aliphatic heterocycles. The molecule has 0 saturated carbocycles. The van der Waals surface area contributed by atoms with Gasteiger partial charge in [0.05, 0.1) is 19.0 Å². The van der Waals surface area contributed by atoms with Crippen LogP contribution < -0.4 is 14.4 Å². The van der Waals surface area contributed by atoms with Crippen molar-refractivity contribution >= 4 is 23.5 Å². The minimum Gasteiger partial charge on any atom is -0.493 e. The van der Waals surface area contributed by atoms with Crippen LogP contribution in [0.25, 0.3) is 0 Å². The van der Waals surface area contributed by atoms with E-state index < -0.39 is 0 Å². The van der Waals surface area contributed by atoms with Gasteiger partial charge in [0, 0.05) is 12.1 Å². The summed E-state index contributed by atoms with van der Waals surface area (Å²) in [7, 11) is 1.57. The Labute approximate surface area is 158 Å². The Hall–Kier alpha value is -3.41. The highest BCUT2D eigenvalue weighted by atomic mass is 16.5. The summed E-state index contributed by atoms with van der Waals surface area (Å²) in [6.45, 7) is 6.54. The second-order valence-corrected chi connectivity index (χ2v) is 5.77. The molecule has 0 aliphatic carbocycles. The number of methoxy groups -OCH3 is 1. The van der Waals surface area contributed by atoms with Crippen LogP contribution in [0.1, 0.15) is 18.1 Å². The summed E-state index contributed by atoms with van der Waals surface area (Å²) in [6.07, 6.45) is 3.25. The molecule has 0 aromatic heterocycles. The maximum Gasteiger partial charge on any atom is 0.279 e. The molecule has 1 amide bonds. The molecule has 0 unspecified atom stereocenters. The average Bonchev–Trinajstić information content (AvgIpc) is 2.97. The van der Waals surface area contributed by atoms with Gasteiger partial charge in [-0.15, -0.1) is 5.10 Å². The van der Waals surface area contributed by atoms with Gasteiger partial charge in [-0.3, -0.25) is 4.79 Å². The summed E-state index contributed by atoms with van der Waals surface area (Å²) in [5.74, 6) is 1.08. The number of rotatable bonds is 7. The molecule has 0 fully saturated rings. The van der Waals surface area contributed by atoms with Crippen molar-refractivity contribution in [2.24, 2.45) is 10.2 Å².